The van der Waals surface area contributed by atoms with Crippen molar-refractivity contribution in [3.63, 3.8) is 0 Å². The normalized spacial score (nSPS) is 23.5. The molecule has 4 heteroatoms. The third-order valence-corrected chi connectivity index (χ3v) is 3.90. The first-order chi connectivity index (χ1) is 8.89. The van der Waals surface area contributed by atoms with Gasteiger partial charge in [0.2, 0.25) is 0 Å². The van der Waals surface area contributed by atoms with Crippen LogP contribution in [0.25, 0.3) is 0 Å². The van der Waals surface area contributed by atoms with Gasteiger partial charge in [0.15, 0.2) is 0 Å². The van der Waals surface area contributed by atoms with Crippen molar-refractivity contribution >= 4 is 0 Å². The fourth-order valence-electron chi connectivity index (χ4n) is 2.82. The molecule has 2 rings (SSSR count). The molecular weight excluding hydrogens is 248 g/mol. The Morgan fingerprint density at radius 2 is 2.00 bits per heavy atom. The summed E-state index contributed by atoms with van der Waals surface area (Å²) >= 11 is 0. The lowest BCUT2D eigenvalue weighted by molar-refractivity contribution is 0.159. The minimum Gasteiger partial charge on any atom is -0.387 e. The first-order valence-corrected chi connectivity index (χ1v) is 6.74. The predicted octanol–water partition coefficient (Wildman–Crippen LogP) is 3.17. The van der Waals surface area contributed by atoms with E-state index in [4.69, 9.17) is 0 Å². The zero-order chi connectivity index (χ0) is 14.0. The summed E-state index contributed by atoms with van der Waals surface area (Å²) in [7, 11) is 0. The molecule has 0 aromatic heterocycles. The molecule has 1 aliphatic rings. The summed E-state index contributed by atoms with van der Waals surface area (Å²) in [6.45, 7) is 4.60. The average Bonchev–Trinajstić information content (AvgIpc) is 2.66. The van der Waals surface area contributed by atoms with Crippen molar-refractivity contribution < 1.29 is 13.9 Å². The largest absolute Gasteiger partial charge is 0.387 e. The van der Waals surface area contributed by atoms with E-state index in [1.165, 1.54) is 18.2 Å². The molecule has 1 fully saturated rings. The smallest absolute Gasteiger partial charge is 0.131 e. The number of aliphatic hydroxyl groups is 1. The second kappa shape index (κ2) is 5.55. The van der Waals surface area contributed by atoms with Crippen LogP contribution in [0.2, 0.25) is 0 Å². The van der Waals surface area contributed by atoms with Gasteiger partial charge in [0.25, 0.3) is 0 Å². The van der Waals surface area contributed by atoms with Crippen molar-refractivity contribution in [2.45, 2.75) is 45.3 Å². The molecule has 1 aromatic carbocycles. The summed E-state index contributed by atoms with van der Waals surface area (Å²) in [5, 5.41) is 13.1. The molecular formula is C15H21F2NO. The standard InChI is InChI=1S/C15H21F2NO/c1-15(2)7-6-10(8-15)18-9-13(19)14-11(16)4-3-5-12(14)17/h3-5,10,13,18-19H,6-9H2,1-2H3. The van der Waals surface area contributed by atoms with E-state index in [0.29, 0.717) is 11.5 Å². The molecule has 0 amide bonds. The number of hydrogen-bond acceptors (Lipinski definition) is 2. The molecule has 0 heterocycles. The Morgan fingerprint density at radius 1 is 1.37 bits per heavy atom. The first kappa shape index (κ1) is 14.4. The third-order valence-electron chi connectivity index (χ3n) is 3.90. The highest BCUT2D eigenvalue weighted by Gasteiger charge is 2.31. The van der Waals surface area contributed by atoms with Gasteiger partial charge in [0, 0.05) is 12.6 Å². The van der Waals surface area contributed by atoms with Crippen molar-refractivity contribution in [3.8, 4) is 0 Å². The maximum absolute atomic E-state index is 13.5. The molecule has 0 bridgehead atoms. The maximum Gasteiger partial charge on any atom is 0.131 e. The van der Waals surface area contributed by atoms with Crippen LogP contribution in [-0.2, 0) is 0 Å². The number of hydrogen-bond donors (Lipinski definition) is 2. The van der Waals surface area contributed by atoms with E-state index < -0.39 is 17.7 Å². The molecule has 0 spiro atoms. The lowest BCUT2D eigenvalue weighted by atomic mass is 9.92. The van der Waals surface area contributed by atoms with Crippen LogP contribution in [-0.4, -0.2) is 17.7 Å². The zero-order valence-electron chi connectivity index (χ0n) is 11.4. The van der Waals surface area contributed by atoms with Crippen molar-refractivity contribution in [1.82, 2.24) is 5.32 Å². The molecule has 2 nitrogen and oxygen atoms in total. The van der Waals surface area contributed by atoms with Crippen molar-refractivity contribution in [1.29, 1.82) is 0 Å². The number of halogens is 2. The van der Waals surface area contributed by atoms with Gasteiger partial charge in [-0.3, -0.25) is 0 Å². The summed E-state index contributed by atoms with van der Waals surface area (Å²) in [6, 6.07) is 3.95. The second-order valence-corrected chi connectivity index (χ2v) is 6.16. The van der Waals surface area contributed by atoms with Gasteiger partial charge in [-0.05, 0) is 36.8 Å². The SMILES string of the molecule is CC1(C)CCC(NCC(O)c2c(F)cccc2F)C1. The van der Waals surface area contributed by atoms with Gasteiger partial charge in [-0.1, -0.05) is 19.9 Å². The summed E-state index contributed by atoms with van der Waals surface area (Å²) in [4.78, 5) is 0. The maximum atomic E-state index is 13.5. The monoisotopic (exact) mass is 269 g/mol. The lowest BCUT2D eigenvalue weighted by Crippen LogP contribution is -2.32. The number of nitrogens with one attached hydrogen (secondary N) is 1. The van der Waals surface area contributed by atoms with E-state index in [2.05, 4.69) is 19.2 Å². The number of aliphatic hydroxyl groups excluding tert-OH is 1. The Hall–Kier alpha value is -1.00. The van der Waals surface area contributed by atoms with Crippen molar-refractivity contribution in [2.75, 3.05) is 6.54 Å². The Bertz CT molecular complexity index is 428. The average molecular weight is 269 g/mol. The van der Waals surface area contributed by atoms with E-state index in [0.717, 1.165) is 19.3 Å². The lowest BCUT2D eigenvalue weighted by Gasteiger charge is -2.20. The van der Waals surface area contributed by atoms with Crippen LogP contribution >= 0.6 is 0 Å². The third kappa shape index (κ3) is 3.51. The molecule has 0 radical (unpaired) electrons. The molecule has 106 valence electrons. The summed E-state index contributed by atoms with van der Waals surface area (Å²) < 4.78 is 27.0. The van der Waals surface area contributed by atoms with Crippen LogP contribution in [0.3, 0.4) is 0 Å². The van der Waals surface area contributed by atoms with Gasteiger partial charge in [-0.25, -0.2) is 8.78 Å². The zero-order valence-corrected chi connectivity index (χ0v) is 11.4. The first-order valence-electron chi connectivity index (χ1n) is 6.74. The fourth-order valence-corrected chi connectivity index (χ4v) is 2.82. The molecule has 19 heavy (non-hydrogen) atoms. The Balaban J connectivity index is 1.93. The van der Waals surface area contributed by atoms with Crippen LogP contribution in [0, 0.1) is 17.0 Å². The molecule has 0 saturated heterocycles. The van der Waals surface area contributed by atoms with Gasteiger partial charge in [0.1, 0.15) is 11.6 Å². The molecule has 1 aliphatic carbocycles. The van der Waals surface area contributed by atoms with Crippen LogP contribution in [0.4, 0.5) is 8.78 Å². The molecule has 2 atom stereocenters. The summed E-state index contributed by atoms with van der Waals surface area (Å²) in [5.41, 5.74) is 0.0681. The number of rotatable bonds is 4. The minimum atomic E-state index is -1.15. The highest BCUT2D eigenvalue weighted by molar-refractivity contribution is 5.22. The van der Waals surface area contributed by atoms with Gasteiger partial charge in [-0.15, -0.1) is 0 Å². The van der Waals surface area contributed by atoms with Crippen LogP contribution in [0.15, 0.2) is 18.2 Å². The van der Waals surface area contributed by atoms with Crippen LogP contribution < -0.4 is 5.32 Å². The van der Waals surface area contributed by atoms with Gasteiger partial charge < -0.3 is 10.4 Å². The summed E-state index contributed by atoms with van der Waals surface area (Å²) in [6.07, 6.45) is 2.05. The topological polar surface area (TPSA) is 32.3 Å². The molecule has 0 aliphatic heterocycles. The highest BCUT2D eigenvalue weighted by Crippen LogP contribution is 2.37. The van der Waals surface area contributed by atoms with Crippen molar-refractivity contribution in [3.05, 3.63) is 35.4 Å². The quantitative estimate of drug-likeness (QED) is 0.880. The Kier molecular flexibility index (Phi) is 4.21. The Labute approximate surface area is 112 Å². The fraction of sp³-hybridized carbons (Fsp3) is 0.600. The van der Waals surface area contributed by atoms with Crippen molar-refractivity contribution in [2.24, 2.45) is 5.41 Å². The molecule has 1 saturated carbocycles. The van der Waals surface area contributed by atoms with Gasteiger partial charge >= 0.3 is 0 Å². The predicted molar refractivity (Wildman–Crippen MR) is 70.7 cm³/mol. The van der Waals surface area contributed by atoms with Gasteiger partial charge in [-0.2, -0.15) is 0 Å². The Morgan fingerprint density at radius 3 is 2.53 bits per heavy atom. The van der Waals surface area contributed by atoms with E-state index in [9.17, 15) is 13.9 Å². The van der Waals surface area contributed by atoms with Crippen LogP contribution in [0.1, 0.15) is 44.8 Å². The van der Waals surface area contributed by atoms with E-state index in [1.54, 1.807) is 0 Å². The second-order valence-electron chi connectivity index (χ2n) is 6.16. The van der Waals surface area contributed by atoms with Gasteiger partial charge in [0.05, 0.1) is 11.7 Å². The van der Waals surface area contributed by atoms with E-state index in [1.807, 2.05) is 0 Å². The summed E-state index contributed by atoms with van der Waals surface area (Å²) in [5.74, 6) is -1.39. The minimum absolute atomic E-state index is 0.179. The van der Waals surface area contributed by atoms with E-state index >= 15 is 0 Å². The van der Waals surface area contributed by atoms with Crippen LogP contribution in [0.5, 0.6) is 0 Å². The molecule has 2 unspecified atom stereocenters. The highest BCUT2D eigenvalue weighted by atomic mass is 19.1. The van der Waals surface area contributed by atoms with E-state index in [-0.39, 0.29) is 12.1 Å². The molecule has 2 N–H and O–H groups in total. The number of benzene rings is 1. The molecule has 1 aromatic rings.